The highest BCUT2D eigenvalue weighted by Crippen LogP contribution is 2.47. The average molecular weight is 494 g/mol. The molecule has 3 saturated carbocycles. The number of ether oxygens (including phenoxy) is 2. The van der Waals surface area contributed by atoms with Crippen molar-refractivity contribution in [1.29, 1.82) is 0 Å². The lowest BCUT2D eigenvalue weighted by Crippen LogP contribution is -2.61. The van der Waals surface area contributed by atoms with Crippen LogP contribution in [0, 0.1) is 17.7 Å². The second kappa shape index (κ2) is 8.71. The molecule has 0 atom stereocenters. The maximum absolute atomic E-state index is 14.8. The summed E-state index contributed by atoms with van der Waals surface area (Å²) in [4.78, 5) is 20.5. The number of carbonyl (C=O) groups excluding carboxylic acids is 1. The van der Waals surface area contributed by atoms with Crippen molar-refractivity contribution in [2.24, 2.45) is 11.8 Å². The number of rotatable bonds is 7. The smallest absolute Gasteiger partial charge is 0.275 e. The summed E-state index contributed by atoms with van der Waals surface area (Å²) in [5.74, 6) is 0.533. The molecule has 2 heterocycles. The van der Waals surface area contributed by atoms with Crippen LogP contribution in [0.4, 0.5) is 15.2 Å². The number of benzene rings is 1. The van der Waals surface area contributed by atoms with E-state index in [-0.39, 0.29) is 34.1 Å². The van der Waals surface area contributed by atoms with Gasteiger partial charge in [0.1, 0.15) is 5.69 Å². The Morgan fingerprint density at radius 3 is 2.61 bits per heavy atom. The molecule has 9 heteroatoms. The minimum Gasteiger partial charge on any atom is -0.486 e. The number of nitrogens with zero attached hydrogens (tertiary/aromatic N) is 2. The minimum absolute atomic E-state index is 0.0111. The first-order valence-corrected chi connectivity index (χ1v) is 12.7. The van der Waals surface area contributed by atoms with Crippen molar-refractivity contribution in [3.05, 3.63) is 33.5 Å². The summed E-state index contributed by atoms with van der Waals surface area (Å²) in [6.45, 7) is 5.49. The van der Waals surface area contributed by atoms with E-state index in [2.05, 4.69) is 15.2 Å². The first kappa shape index (κ1) is 22.9. The molecule has 0 spiro atoms. The number of aryl methyl sites for hydroxylation is 1. The molecule has 178 valence electrons. The Hall–Kier alpha value is -1.90. The largest absolute Gasteiger partial charge is 0.486 e. The number of fused-ring (bicyclic) bond motifs is 2. The predicted molar refractivity (Wildman–Crippen MR) is 128 cm³/mol. The summed E-state index contributed by atoms with van der Waals surface area (Å²) in [5.41, 5.74) is 0.465. The van der Waals surface area contributed by atoms with Crippen LogP contribution in [-0.2, 0) is 11.2 Å². The third kappa shape index (κ3) is 4.45. The van der Waals surface area contributed by atoms with Crippen molar-refractivity contribution in [2.75, 3.05) is 30.4 Å². The van der Waals surface area contributed by atoms with Crippen molar-refractivity contribution in [3.63, 3.8) is 0 Å². The second-order valence-corrected chi connectivity index (χ2v) is 11.2. The summed E-state index contributed by atoms with van der Waals surface area (Å²) in [5, 5.41) is 3.72. The zero-order valence-corrected chi connectivity index (χ0v) is 20.7. The highest BCUT2D eigenvalue weighted by molar-refractivity contribution is 7.16. The van der Waals surface area contributed by atoms with Gasteiger partial charge in [-0.25, -0.2) is 9.37 Å². The molecule has 6 rings (SSSR count). The van der Waals surface area contributed by atoms with Gasteiger partial charge in [-0.2, -0.15) is 0 Å². The summed E-state index contributed by atoms with van der Waals surface area (Å²) in [6.07, 6.45) is 5.14. The molecule has 4 fully saturated rings. The molecule has 0 unspecified atom stereocenters. The predicted octanol–water partition coefficient (Wildman–Crippen LogP) is 5.54. The fourth-order valence-corrected chi connectivity index (χ4v) is 6.46. The van der Waals surface area contributed by atoms with E-state index in [4.69, 9.17) is 21.1 Å². The summed E-state index contributed by atoms with van der Waals surface area (Å²) in [7, 11) is 1.70. The Morgan fingerprint density at radius 2 is 2.00 bits per heavy atom. The Kier molecular flexibility index (Phi) is 6.04. The SMILES string of the molecule is CCc1sc(N2CC(C)(OC)C2)nc1C(=O)Nc1cc(F)c(OC2CC3CC(C3)C2)c(Cl)c1. The molecule has 1 saturated heterocycles. The molecule has 1 aliphatic heterocycles. The number of halogens is 2. The van der Waals surface area contributed by atoms with E-state index in [0.717, 1.165) is 35.9 Å². The molecule has 6 nitrogen and oxygen atoms in total. The molecule has 1 aromatic heterocycles. The monoisotopic (exact) mass is 493 g/mol. The first-order valence-electron chi connectivity index (χ1n) is 11.5. The zero-order chi connectivity index (χ0) is 23.3. The molecule has 0 radical (unpaired) electrons. The number of thiazole rings is 1. The summed E-state index contributed by atoms with van der Waals surface area (Å²) in [6, 6.07) is 2.81. The molecule has 4 aliphatic rings. The van der Waals surface area contributed by atoms with Crippen LogP contribution < -0.4 is 15.0 Å². The van der Waals surface area contributed by atoms with Gasteiger partial charge in [-0.3, -0.25) is 4.79 Å². The number of hydrogen-bond acceptors (Lipinski definition) is 6. The van der Waals surface area contributed by atoms with Gasteiger partial charge in [0.25, 0.3) is 5.91 Å². The van der Waals surface area contributed by atoms with Gasteiger partial charge in [-0.15, -0.1) is 11.3 Å². The number of amides is 1. The van der Waals surface area contributed by atoms with Crippen molar-refractivity contribution in [2.45, 2.75) is 57.7 Å². The molecule has 1 amide bonds. The molecular formula is C24H29ClFN3O3S. The van der Waals surface area contributed by atoms with Gasteiger partial charge in [0.2, 0.25) is 0 Å². The molecule has 1 N–H and O–H groups in total. The topological polar surface area (TPSA) is 63.7 Å². The van der Waals surface area contributed by atoms with E-state index in [1.54, 1.807) is 13.2 Å². The standard InChI is InChI=1S/C24H29ClFN3O3S/c1-4-19-20(28-23(33-19)29-11-24(2,12-29)31-3)22(30)27-15-9-17(25)21(18(26)10-15)32-16-7-13-5-14(6-13)8-16/h9-10,13-14,16H,4-8,11-12H2,1-3H3,(H,27,30). The van der Waals surface area contributed by atoms with E-state index < -0.39 is 5.82 Å². The molecule has 33 heavy (non-hydrogen) atoms. The number of nitrogens with one attached hydrogen (secondary N) is 1. The fourth-order valence-electron chi connectivity index (χ4n) is 5.21. The first-order chi connectivity index (χ1) is 15.8. The third-order valence-electron chi connectivity index (χ3n) is 7.10. The average Bonchev–Trinajstić information content (AvgIpc) is 3.18. The normalized spacial score (nSPS) is 25.2. The van der Waals surface area contributed by atoms with Gasteiger partial charge in [0.05, 0.1) is 29.8 Å². The Balaban J connectivity index is 1.28. The number of carbonyl (C=O) groups is 1. The van der Waals surface area contributed by atoms with Crippen molar-refractivity contribution in [1.82, 2.24) is 4.98 Å². The lowest BCUT2D eigenvalue weighted by Gasteiger charge is -2.46. The van der Waals surface area contributed by atoms with Gasteiger partial charge < -0.3 is 19.7 Å². The van der Waals surface area contributed by atoms with Crippen LogP contribution in [0.25, 0.3) is 0 Å². The molecule has 2 aromatic rings. The van der Waals surface area contributed by atoms with Gasteiger partial charge in [-0.1, -0.05) is 18.5 Å². The van der Waals surface area contributed by atoms with Crippen molar-refractivity contribution >= 4 is 39.7 Å². The second-order valence-electron chi connectivity index (χ2n) is 9.77. The van der Waals surface area contributed by atoms with Crippen LogP contribution in [-0.4, -0.2) is 42.8 Å². The molecular weight excluding hydrogens is 465 g/mol. The quantitative estimate of drug-likeness (QED) is 0.548. The van der Waals surface area contributed by atoms with E-state index in [0.29, 0.717) is 24.0 Å². The number of hydrogen-bond donors (Lipinski definition) is 1. The van der Waals surface area contributed by atoms with E-state index >= 15 is 0 Å². The zero-order valence-electron chi connectivity index (χ0n) is 19.1. The Bertz CT molecular complexity index is 1030. The van der Waals surface area contributed by atoms with E-state index in [1.165, 1.54) is 30.2 Å². The molecule has 1 aromatic carbocycles. The van der Waals surface area contributed by atoms with Gasteiger partial charge in [-0.05, 0) is 56.9 Å². The lowest BCUT2D eigenvalue weighted by atomic mass is 9.64. The highest BCUT2D eigenvalue weighted by Gasteiger charge is 2.41. The van der Waals surface area contributed by atoms with Gasteiger partial charge in [0.15, 0.2) is 16.7 Å². The lowest BCUT2D eigenvalue weighted by molar-refractivity contribution is -0.0167. The number of aromatic nitrogens is 1. The maximum Gasteiger partial charge on any atom is 0.275 e. The van der Waals surface area contributed by atoms with E-state index in [1.807, 2.05) is 13.8 Å². The van der Waals surface area contributed by atoms with Crippen LogP contribution in [0.15, 0.2) is 12.1 Å². The van der Waals surface area contributed by atoms with Crippen molar-refractivity contribution < 1.29 is 18.7 Å². The number of methoxy groups -OCH3 is 1. The van der Waals surface area contributed by atoms with Gasteiger partial charge >= 0.3 is 0 Å². The molecule has 2 bridgehead atoms. The van der Waals surface area contributed by atoms with Gasteiger partial charge in [0, 0.05) is 23.7 Å². The highest BCUT2D eigenvalue weighted by atomic mass is 35.5. The van der Waals surface area contributed by atoms with Crippen LogP contribution in [0.3, 0.4) is 0 Å². The Morgan fingerprint density at radius 1 is 1.30 bits per heavy atom. The third-order valence-corrected chi connectivity index (χ3v) is 8.64. The van der Waals surface area contributed by atoms with Crippen molar-refractivity contribution in [3.8, 4) is 5.75 Å². The Labute approximate surface area is 202 Å². The fraction of sp³-hybridized carbons (Fsp3) is 0.583. The maximum atomic E-state index is 14.8. The van der Waals surface area contributed by atoms with Crippen LogP contribution in [0.5, 0.6) is 5.75 Å². The van der Waals surface area contributed by atoms with E-state index in [9.17, 15) is 9.18 Å². The van der Waals surface area contributed by atoms with Crippen LogP contribution in [0.2, 0.25) is 5.02 Å². The number of anilines is 2. The summed E-state index contributed by atoms with van der Waals surface area (Å²) >= 11 is 7.86. The van der Waals surface area contributed by atoms with Crippen LogP contribution >= 0.6 is 22.9 Å². The van der Waals surface area contributed by atoms with Crippen LogP contribution in [0.1, 0.15) is 54.9 Å². The minimum atomic E-state index is -0.564. The molecule has 3 aliphatic carbocycles. The summed E-state index contributed by atoms with van der Waals surface area (Å²) < 4.78 is 26.3.